The molecule has 0 unspecified atom stereocenters. The van der Waals surface area contributed by atoms with E-state index in [0.29, 0.717) is 0 Å². The molecule has 3 aromatic heterocycles. The predicted octanol–water partition coefficient (Wildman–Crippen LogP) is 11.1. The van der Waals surface area contributed by atoms with Crippen LogP contribution < -0.4 is 0 Å². The number of para-hydroxylation sites is 2. The molecule has 0 spiro atoms. The number of aromatic nitrogens is 3. The van der Waals surface area contributed by atoms with Gasteiger partial charge in [-0.3, -0.25) is 0 Å². The lowest BCUT2D eigenvalue weighted by atomic mass is 10.1. The van der Waals surface area contributed by atoms with Crippen molar-refractivity contribution in [2.45, 2.75) is 6.92 Å². The summed E-state index contributed by atoms with van der Waals surface area (Å²) in [5, 5.41) is 3.60. The lowest BCUT2D eigenvalue weighted by molar-refractivity contribution is 1.10. The maximum absolute atomic E-state index is 5.19. The van der Waals surface area contributed by atoms with Crippen molar-refractivity contribution in [1.29, 1.82) is 0 Å². The molecule has 214 valence electrons. The van der Waals surface area contributed by atoms with Crippen LogP contribution in [0.4, 0.5) is 0 Å². The number of pyridine rings is 1. The summed E-state index contributed by atoms with van der Waals surface area (Å²) in [5.74, 6) is 0. The maximum Gasteiger partial charge on any atom is 0.0788 e. The van der Waals surface area contributed by atoms with E-state index in [1.54, 1.807) is 0 Å². The Balaban J connectivity index is 1.57. The summed E-state index contributed by atoms with van der Waals surface area (Å²) in [6, 6.07) is 49.2. The van der Waals surface area contributed by atoms with Crippen LogP contribution in [-0.2, 0) is 0 Å². The van der Waals surface area contributed by atoms with Crippen molar-refractivity contribution >= 4 is 44.9 Å². The van der Waals surface area contributed by atoms with Gasteiger partial charge in [-0.1, -0.05) is 128 Å². The molecule has 3 heteroatoms. The van der Waals surface area contributed by atoms with E-state index in [1.165, 1.54) is 16.2 Å². The molecule has 0 saturated carbocycles. The van der Waals surface area contributed by atoms with Gasteiger partial charge >= 0.3 is 0 Å². The number of allylic oxidation sites excluding steroid dienone is 1. The molecule has 8 rings (SSSR count). The summed E-state index contributed by atoms with van der Waals surface area (Å²) in [5.41, 5.74) is 11.9. The predicted molar refractivity (Wildman–Crippen MR) is 191 cm³/mol. The Kier molecular flexibility index (Phi) is 6.50. The van der Waals surface area contributed by atoms with E-state index in [1.807, 2.05) is 18.2 Å². The second-order valence-electron chi connectivity index (χ2n) is 11.2. The first kappa shape index (κ1) is 26.7. The molecule has 3 nitrogen and oxygen atoms in total. The van der Waals surface area contributed by atoms with Crippen LogP contribution in [0.5, 0.6) is 0 Å². The van der Waals surface area contributed by atoms with Crippen LogP contribution >= 0.6 is 0 Å². The molecule has 0 fully saturated rings. The van der Waals surface area contributed by atoms with Gasteiger partial charge in [-0.2, -0.15) is 0 Å². The molecule has 45 heavy (non-hydrogen) atoms. The van der Waals surface area contributed by atoms with Crippen molar-refractivity contribution in [2.24, 2.45) is 0 Å². The molecule has 0 amide bonds. The summed E-state index contributed by atoms with van der Waals surface area (Å²) < 4.78 is 4.80. The molecule has 8 aromatic rings. The molecule has 0 aliphatic heterocycles. The molecular formula is C42H31N3. The van der Waals surface area contributed by atoms with Crippen molar-refractivity contribution in [2.75, 3.05) is 0 Å². The Morgan fingerprint density at radius 1 is 0.556 bits per heavy atom. The van der Waals surface area contributed by atoms with Gasteiger partial charge in [0.1, 0.15) is 0 Å². The molecule has 0 N–H and O–H groups in total. The number of fused-ring (bicyclic) bond motifs is 5. The minimum absolute atomic E-state index is 0.935. The fourth-order valence-corrected chi connectivity index (χ4v) is 6.68. The minimum Gasteiger partial charge on any atom is -0.307 e. The van der Waals surface area contributed by atoms with Crippen LogP contribution in [0, 0.1) is 0 Å². The van der Waals surface area contributed by atoms with Crippen LogP contribution in [0.15, 0.2) is 152 Å². The number of rotatable bonds is 6. The first-order valence-corrected chi connectivity index (χ1v) is 15.3. The first-order valence-electron chi connectivity index (χ1n) is 15.3. The van der Waals surface area contributed by atoms with Crippen molar-refractivity contribution in [3.05, 3.63) is 163 Å². The number of benzene rings is 5. The number of hydrogen-bond acceptors (Lipinski definition) is 1. The van der Waals surface area contributed by atoms with Gasteiger partial charge < -0.3 is 9.13 Å². The Labute approximate surface area is 262 Å². The highest BCUT2D eigenvalue weighted by molar-refractivity contribution is 6.20. The molecule has 3 heterocycles. The standard InChI is InChI=1S/C42H31N3/c1-3-16-33-35-25-26-36-34-23-14-15-24-40(34)45(42(36)41(35)44(39(33)4-2)31-21-12-7-13-22-31)32-27-37(29-17-8-5-9-18-29)43-38(28-32)30-19-10-6-11-20-30/h3-28H,2H2,1H3/b16-3-. The molecule has 0 atom stereocenters. The molecule has 0 aliphatic rings. The molecule has 5 aromatic carbocycles. The lowest BCUT2D eigenvalue weighted by Crippen LogP contribution is -2.01. The van der Waals surface area contributed by atoms with E-state index in [0.717, 1.165) is 61.7 Å². The highest BCUT2D eigenvalue weighted by Crippen LogP contribution is 2.42. The third-order valence-corrected chi connectivity index (χ3v) is 8.59. The Bertz CT molecular complexity index is 2320. The van der Waals surface area contributed by atoms with Gasteiger partial charge in [0.25, 0.3) is 0 Å². The van der Waals surface area contributed by atoms with Crippen molar-refractivity contribution < 1.29 is 0 Å². The summed E-state index contributed by atoms with van der Waals surface area (Å²) >= 11 is 0. The van der Waals surface area contributed by atoms with Crippen LogP contribution in [0.1, 0.15) is 18.2 Å². The van der Waals surface area contributed by atoms with Gasteiger partial charge in [-0.25, -0.2) is 4.98 Å². The van der Waals surface area contributed by atoms with E-state index in [9.17, 15) is 0 Å². The smallest absolute Gasteiger partial charge is 0.0788 e. The minimum atomic E-state index is 0.935. The van der Waals surface area contributed by atoms with Gasteiger partial charge in [0.15, 0.2) is 0 Å². The maximum atomic E-state index is 5.19. The Morgan fingerprint density at radius 2 is 1.11 bits per heavy atom. The molecule has 0 bridgehead atoms. The van der Waals surface area contributed by atoms with Crippen molar-refractivity contribution in [1.82, 2.24) is 14.1 Å². The van der Waals surface area contributed by atoms with Crippen molar-refractivity contribution in [3.8, 4) is 33.9 Å². The largest absolute Gasteiger partial charge is 0.307 e. The van der Waals surface area contributed by atoms with Gasteiger partial charge in [0, 0.05) is 38.5 Å². The van der Waals surface area contributed by atoms with E-state index in [2.05, 4.69) is 162 Å². The average molecular weight is 578 g/mol. The topological polar surface area (TPSA) is 22.8 Å². The SMILES string of the molecule is C=Cc1c(/C=C\C)c2ccc3c4ccccc4n(-c4cc(-c5ccccc5)nc(-c5ccccc5)c4)c3c2n1-c1ccccc1. The summed E-state index contributed by atoms with van der Waals surface area (Å²) in [4.78, 5) is 5.19. The van der Waals surface area contributed by atoms with E-state index in [-0.39, 0.29) is 0 Å². The van der Waals surface area contributed by atoms with Gasteiger partial charge in [-0.15, -0.1) is 0 Å². The zero-order chi connectivity index (χ0) is 30.3. The average Bonchev–Trinajstić information content (AvgIpc) is 3.62. The summed E-state index contributed by atoms with van der Waals surface area (Å²) in [6.07, 6.45) is 6.29. The quantitative estimate of drug-likeness (QED) is 0.193. The monoisotopic (exact) mass is 577 g/mol. The third-order valence-electron chi connectivity index (χ3n) is 8.59. The number of hydrogen-bond donors (Lipinski definition) is 0. The Hall–Kier alpha value is -5.93. The van der Waals surface area contributed by atoms with E-state index in [4.69, 9.17) is 4.98 Å². The number of nitrogens with zero attached hydrogens (tertiary/aromatic N) is 3. The Morgan fingerprint density at radius 3 is 1.73 bits per heavy atom. The van der Waals surface area contributed by atoms with Gasteiger partial charge in [0.2, 0.25) is 0 Å². The second-order valence-corrected chi connectivity index (χ2v) is 11.2. The van der Waals surface area contributed by atoms with E-state index >= 15 is 0 Å². The van der Waals surface area contributed by atoms with Gasteiger partial charge in [-0.05, 0) is 43.3 Å². The zero-order valence-corrected chi connectivity index (χ0v) is 25.1. The summed E-state index contributed by atoms with van der Waals surface area (Å²) in [7, 11) is 0. The van der Waals surface area contributed by atoms with Crippen LogP contribution in [-0.4, -0.2) is 14.1 Å². The lowest BCUT2D eigenvalue weighted by Gasteiger charge is -2.15. The fraction of sp³-hybridized carbons (Fsp3) is 0.0238. The van der Waals surface area contributed by atoms with Gasteiger partial charge in [0.05, 0.1) is 39.3 Å². The van der Waals surface area contributed by atoms with Crippen LogP contribution in [0.2, 0.25) is 0 Å². The molecule has 0 radical (unpaired) electrons. The van der Waals surface area contributed by atoms with Crippen molar-refractivity contribution in [3.63, 3.8) is 0 Å². The van der Waals surface area contributed by atoms with Crippen LogP contribution in [0.25, 0.3) is 78.8 Å². The van der Waals surface area contributed by atoms with E-state index < -0.39 is 0 Å². The first-order chi connectivity index (χ1) is 22.3. The summed E-state index contributed by atoms with van der Waals surface area (Å²) in [6.45, 7) is 6.35. The molecular weight excluding hydrogens is 546 g/mol. The molecule has 0 saturated heterocycles. The highest BCUT2D eigenvalue weighted by Gasteiger charge is 2.23. The fourth-order valence-electron chi connectivity index (χ4n) is 6.68. The highest BCUT2D eigenvalue weighted by atomic mass is 15.1. The normalized spacial score (nSPS) is 11.7. The second kappa shape index (κ2) is 11.0. The van der Waals surface area contributed by atoms with Crippen LogP contribution in [0.3, 0.4) is 0 Å². The zero-order valence-electron chi connectivity index (χ0n) is 25.1. The third kappa shape index (κ3) is 4.32. The molecule has 0 aliphatic carbocycles.